The van der Waals surface area contributed by atoms with Crippen molar-refractivity contribution < 1.29 is 19.1 Å². The van der Waals surface area contributed by atoms with Crippen molar-refractivity contribution in [3.8, 4) is 5.75 Å². The van der Waals surface area contributed by atoms with Crippen LogP contribution in [0.4, 0.5) is 5.69 Å². The SMILES string of the molecule is CCOc1cccc(NC2=C(c3ccc(C)c(C)c3)C(=O)N(CCOC)C2=O)c1. The number of aryl methyl sites for hydroxylation is 2. The Morgan fingerprint density at radius 3 is 2.48 bits per heavy atom. The highest BCUT2D eigenvalue weighted by atomic mass is 16.5. The molecule has 0 bridgehead atoms. The van der Waals surface area contributed by atoms with Gasteiger partial charge in [-0.15, -0.1) is 0 Å². The molecule has 0 radical (unpaired) electrons. The van der Waals surface area contributed by atoms with Gasteiger partial charge in [0.1, 0.15) is 11.4 Å². The first kappa shape index (κ1) is 20.6. The van der Waals surface area contributed by atoms with Gasteiger partial charge in [-0.25, -0.2) is 0 Å². The van der Waals surface area contributed by atoms with Crippen LogP contribution < -0.4 is 10.1 Å². The second-order valence-corrected chi connectivity index (χ2v) is 6.89. The number of rotatable bonds is 8. The summed E-state index contributed by atoms with van der Waals surface area (Å²) in [7, 11) is 1.54. The molecule has 6 heteroatoms. The highest BCUT2D eigenvalue weighted by Crippen LogP contribution is 2.32. The van der Waals surface area contributed by atoms with E-state index in [2.05, 4.69) is 5.32 Å². The van der Waals surface area contributed by atoms with Crippen LogP contribution in [0.1, 0.15) is 23.6 Å². The van der Waals surface area contributed by atoms with E-state index in [9.17, 15) is 9.59 Å². The second kappa shape index (κ2) is 8.92. The molecule has 1 heterocycles. The Morgan fingerprint density at radius 1 is 1.00 bits per heavy atom. The molecule has 152 valence electrons. The predicted octanol–water partition coefficient (Wildman–Crippen LogP) is 3.54. The molecule has 0 unspecified atom stereocenters. The Morgan fingerprint density at radius 2 is 1.79 bits per heavy atom. The van der Waals surface area contributed by atoms with Gasteiger partial charge in [0.2, 0.25) is 0 Å². The molecular formula is C23H26N2O4. The minimum atomic E-state index is -0.359. The van der Waals surface area contributed by atoms with Gasteiger partial charge in [0, 0.05) is 18.9 Å². The summed E-state index contributed by atoms with van der Waals surface area (Å²) < 4.78 is 10.6. The molecule has 29 heavy (non-hydrogen) atoms. The van der Waals surface area contributed by atoms with Crippen molar-refractivity contribution in [3.63, 3.8) is 0 Å². The van der Waals surface area contributed by atoms with Crippen molar-refractivity contribution in [3.05, 3.63) is 64.9 Å². The number of methoxy groups -OCH3 is 1. The first-order valence-electron chi connectivity index (χ1n) is 9.63. The normalized spacial score (nSPS) is 14.0. The molecule has 6 nitrogen and oxygen atoms in total. The maximum absolute atomic E-state index is 13.1. The van der Waals surface area contributed by atoms with Crippen molar-refractivity contribution in [1.82, 2.24) is 4.90 Å². The summed E-state index contributed by atoms with van der Waals surface area (Å²) in [6.45, 7) is 6.94. The summed E-state index contributed by atoms with van der Waals surface area (Å²) >= 11 is 0. The number of anilines is 1. The van der Waals surface area contributed by atoms with Gasteiger partial charge in [0.15, 0.2) is 0 Å². The fourth-order valence-electron chi connectivity index (χ4n) is 3.22. The number of benzene rings is 2. The van der Waals surface area contributed by atoms with Crippen LogP contribution in [0.2, 0.25) is 0 Å². The maximum atomic E-state index is 13.1. The van der Waals surface area contributed by atoms with Gasteiger partial charge in [-0.3, -0.25) is 14.5 Å². The van der Waals surface area contributed by atoms with Crippen LogP contribution in [0.5, 0.6) is 5.75 Å². The minimum absolute atomic E-state index is 0.201. The van der Waals surface area contributed by atoms with Crippen LogP contribution >= 0.6 is 0 Å². The zero-order chi connectivity index (χ0) is 21.0. The van der Waals surface area contributed by atoms with Crippen LogP contribution in [-0.4, -0.2) is 43.6 Å². The molecule has 0 saturated carbocycles. The molecule has 0 atom stereocenters. The van der Waals surface area contributed by atoms with Crippen molar-refractivity contribution in [2.24, 2.45) is 0 Å². The number of carbonyl (C=O) groups excluding carboxylic acids is 2. The lowest BCUT2D eigenvalue weighted by atomic mass is 9.99. The second-order valence-electron chi connectivity index (χ2n) is 6.89. The Labute approximate surface area is 171 Å². The molecule has 0 saturated heterocycles. The van der Waals surface area contributed by atoms with Crippen LogP contribution in [0.3, 0.4) is 0 Å². The summed E-state index contributed by atoms with van der Waals surface area (Å²) in [4.78, 5) is 27.4. The van der Waals surface area contributed by atoms with Crippen molar-refractivity contribution >= 4 is 23.1 Å². The van der Waals surface area contributed by atoms with Gasteiger partial charge >= 0.3 is 0 Å². The number of hydrogen-bond acceptors (Lipinski definition) is 5. The molecule has 1 aliphatic rings. The van der Waals surface area contributed by atoms with E-state index in [-0.39, 0.29) is 30.7 Å². The third kappa shape index (κ3) is 4.32. The fraction of sp³-hybridized carbons (Fsp3) is 0.304. The molecule has 1 aliphatic heterocycles. The zero-order valence-electron chi connectivity index (χ0n) is 17.2. The van der Waals surface area contributed by atoms with Gasteiger partial charge in [-0.05, 0) is 49.6 Å². The molecule has 2 amide bonds. The number of ether oxygens (including phenoxy) is 2. The molecule has 0 fully saturated rings. The smallest absolute Gasteiger partial charge is 0.278 e. The van der Waals surface area contributed by atoms with Crippen LogP contribution in [0.15, 0.2) is 48.2 Å². The highest BCUT2D eigenvalue weighted by molar-refractivity contribution is 6.36. The summed E-state index contributed by atoms with van der Waals surface area (Å²) in [5, 5.41) is 3.16. The fourth-order valence-corrected chi connectivity index (χ4v) is 3.22. The standard InChI is InChI=1S/C23H26N2O4/c1-5-29-19-8-6-7-18(14-19)24-21-20(17-10-9-15(2)16(3)13-17)22(26)25(23(21)27)11-12-28-4/h6-10,13-14,24H,5,11-12H2,1-4H3. The van der Waals surface area contributed by atoms with E-state index in [1.54, 1.807) is 7.11 Å². The van der Waals surface area contributed by atoms with E-state index in [4.69, 9.17) is 9.47 Å². The van der Waals surface area contributed by atoms with Crippen molar-refractivity contribution in [2.75, 3.05) is 32.2 Å². The Balaban J connectivity index is 2.04. The minimum Gasteiger partial charge on any atom is -0.494 e. The zero-order valence-corrected chi connectivity index (χ0v) is 17.2. The molecule has 2 aromatic rings. The number of nitrogens with zero attached hydrogens (tertiary/aromatic N) is 1. The molecule has 0 aliphatic carbocycles. The number of carbonyl (C=O) groups is 2. The third-order valence-corrected chi connectivity index (χ3v) is 4.90. The number of hydrogen-bond donors (Lipinski definition) is 1. The lowest BCUT2D eigenvalue weighted by molar-refractivity contribution is -0.137. The van der Waals surface area contributed by atoms with Crippen LogP contribution in [-0.2, 0) is 14.3 Å². The maximum Gasteiger partial charge on any atom is 0.278 e. The molecular weight excluding hydrogens is 368 g/mol. The lowest BCUT2D eigenvalue weighted by Gasteiger charge is -2.14. The average Bonchev–Trinajstić information content (AvgIpc) is 2.93. The quantitative estimate of drug-likeness (QED) is 0.694. The van der Waals surface area contributed by atoms with E-state index < -0.39 is 0 Å². The highest BCUT2D eigenvalue weighted by Gasteiger charge is 2.39. The Bertz CT molecular complexity index is 965. The van der Waals surface area contributed by atoms with Gasteiger partial charge in [0.25, 0.3) is 11.8 Å². The summed E-state index contributed by atoms with van der Waals surface area (Å²) in [6.07, 6.45) is 0. The molecule has 0 spiro atoms. The topological polar surface area (TPSA) is 67.9 Å². The lowest BCUT2D eigenvalue weighted by Crippen LogP contribution is -2.35. The monoisotopic (exact) mass is 394 g/mol. The van der Waals surface area contributed by atoms with Gasteiger partial charge in [-0.2, -0.15) is 0 Å². The Hall–Kier alpha value is -3.12. The Kier molecular flexibility index (Phi) is 6.34. The van der Waals surface area contributed by atoms with Crippen molar-refractivity contribution in [1.29, 1.82) is 0 Å². The molecule has 3 rings (SSSR count). The van der Waals surface area contributed by atoms with E-state index in [0.29, 0.717) is 23.6 Å². The van der Waals surface area contributed by atoms with E-state index in [0.717, 1.165) is 16.7 Å². The van der Waals surface area contributed by atoms with Crippen LogP contribution in [0.25, 0.3) is 5.57 Å². The number of imide groups is 1. The largest absolute Gasteiger partial charge is 0.494 e. The predicted molar refractivity (Wildman–Crippen MR) is 113 cm³/mol. The average molecular weight is 394 g/mol. The van der Waals surface area contributed by atoms with Gasteiger partial charge in [-0.1, -0.05) is 24.3 Å². The van der Waals surface area contributed by atoms with E-state index in [1.165, 1.54) is 4.90 Å². The number of amides is 2. The number of nitrogens with one attached hydrogen (secondary N) is 1. The summed E-state index contributed by atoms with van der Waals surface area (Å²) in [5.41, 5.74) is 4.22. The third-order valence-electron chi connectivity index (χ3n) is 4.90. The summed E-state index contributed by atoms with van der Waals surface area (Å²) in [6, 6.07) is 13.1. The van der Waals surface area contributed by atoms with Gasteiger partial charge < -0.3 is 14.8 Å². The first-order valence-corrected chi connectivity index (χ1v) is 9.63. The van der Waals surface area contributed by atoms with Crippen LogP contribution in [0, 0.1) is 13.8 Å². The first-order chi connectivity index (χ1) is 14.0. The molecule has 2 aromatic carbocycles. The molecule has 0 aromatic heterocycles. The van der Waals surface area contributed by atoms with E-state index >= 15 is 0 Å². The van der Waals surface area contributed by atoms with Crippen molar-refractivity contribution in [2.45, 2.75) is 20.8 Å². The van der Waals surface area contributed by atoms with E-state index in [1.807, 2.05) is 63.2 Å². The molecule has 1 N–H and O–H groups in total. The van der Waals surface area contributed by atoms with Gasteiger partial charge in [0.05, 0.1) is 25.3 Å². The summed E-state index contributed by atoms with van der Waals surface area (Å²) in [5.74, 6) is 0.0136.